The predicted octanol–water partition coefficient (Wildman–Crippen LogP) is 0.863. The molecule has 0 radical (unpaired) electrons. The summed E-state index contributed by atoms with van der Waals surface area (Å²) in [7, 11) is 0. The summed E-state index contributed by atoms with van der Waals surface area (Å²) in [6.45, 7) is 5.63. The van der Waals surface area contributed by atoms with Gasteiger partial charge in [-0.1, -0.05) is 5.16 Å². The highest BCUT2D eigenvalue weighted by Crippen LogP contribution is 2.10. The number of nitrogens with zero attached hydrogens (tertiary/aromatic N) is 2. The molecule has 0 bridgehead atoms. The summed E-state index contributed by atoms with van der Waals surface area (Å²) in [6, 6.07) is -0.350. The molecule has 0 fully saturated rings. The normalized spacial score (nSPS) is 11.2. The van der Waals surface area contributed by atoms with Gasteiger partial charge in [0.2, 0.25) is 5.89 Å². The van der Waals surface area contributed by atoms with Crippen molar-refractivity contribution in [3.63, 3.8) is 0 Å². The molecular formula is C12H20N4O4. The van der Waals surface area contributed by atoms with Gasteiger partial charge in [0.15, 0.2) is 5.82 Å². The number of urea groups is 1. The topological polar surface area (TPSA) is 117 Å². The number of aryl methyl sites for hydroxylation is 1. The van der Waals surface area contributed by atoms with Gasteiger partial charge in [0.25, 0.3) is 0 Å². The van der Waals surface area contributed by atoms with Crippen LogP contribution < -0.4 is 10.6 Å². The molecule has 8 nitrogen and oxygen atoms in total. The number of hydrogen-bond donors (Lipinski definition) is 3. The molecule has 0 saturated heterocycles. The molecule has 0 aliphatic heterocycles. The number of amides is 2. The third-order valence-electron chi connectivity index (χ3n) is 2.61. The maximum atomic E-state index is 11.7. The molecule has 0 aliphatic carbocycles. The highest BCUT2D eigenvalue weighted by Gasteiger charge is 2.21. The Hall–Kier alpha value is -2.12. The van der Waals surface area contributed by atoms with E-state index in [-0.39, 0.29) is 12.5 Å². The quantitative estimate of drug-likeness (QED) is 0.683. The molecule has 0 atom stereocenters. The van der Waals surface area contributed by atoms with Crippen LogP contribution in [0.15, 0.2) is 4.52 Å². The monoisotopic (exact) mass is 284 g/mol. The molecule has 112 valence electrons. The zero-order valence-electron chi connectivity index (χ0n) is 11.9. The van der Waals surface area contributed by atoms with Crippen LogP contribution in [0.25, 0.3) is 0 Å². The summed E-state index contributed by atoms with van der Waals surface area (Å²) in [5, 5.41) is 17.7. The van der Waals surface area contributed by atoms with Gasteiger partial charge in [0.1, 0.15) is 0 Å². The fourth-order valence-electron chi connectivity index (χ4n) is 1.56. The average molecular weight is 284 g/mol. The SMILES string of the molecule is Cc1noc(CCNC(=O)NC(C)(C)CCC(=O)O)n1. The number of nitrogens with one attached hydrogen (secondary N) is 2. The summed E-state index contributed by atoms with van der Waals surface area (Å²) in [5.41, 5.74) is -0.580. The highest BCUT2D eigenvalue weighted by molar-refractivity contribution is 5.74. The van der Waals surface area contributed by atoms with Gasteiger partial charge in [-0.05, 0) is 27.2 Å². The molecule has 0 aromatic carbocycles. The van der Waals surface area contributed by atoms with Crippen LogP contribution in [0.2, 0.25) is 0 Å². The smallest absolute Gasteiger partial charge is 0.315 e. The first kappa shape index (κ1) is 15.9. The Kier molecular flexibility index (Phi) is 5.48. The van der Waals surface area contributed by atoms with Crippen LogP contribution in [0, 0.1) is 6.92 Å². The molecule has 1 aromatic heterocycles. The van der Waals surface area contributed by atoms with Crippen LogP contribution in [0.4, 0.5) is 4.79 Å². The van der Waals surface area contributed by atoms with Crippen LogP contribution >= 0.6 is 0 Å². The van der Waals surface area contributed by atoms with Crippen molar-refractivity contribution >= 4 is 12.0 Å². The van der Waals surface area contributed by atoms with Gasteiger partial charge >= 0.3 is 12.0 Å². The predicted molar refractivity (Wildman–Crippen MR) is 70.2 cm³/mol. The van der Waals surface area contributed by atoms with Crippen molar-refractivity contribution in [1.82, 2.24) is 20.8 Å². The lowest BCUT2D eigenvalue weighted by molar-refractivity contribution is -0.137. The number of carbonyl (C=O) groups is 2. The summed E-state index contributed by atoms with van der Waals surface area (Å²) < 4.78 is 4.91. The number of carbonyl (C=O) groups excluding carboxylic acids is 1. The summed E-state index contributed by atoms with van der Waals surface area (Å²) >= 11 is 0. The maximum Gasteiger partial charge on any atom is 0.315 e. The lowest BCUT2D eigenvalue weighted by atomic mass is 9.99. The number of carboxylic acids is 1. The Morgan fingerprint density at radius 3 is 2.65 bits per heavy atom. The molecular weight excluding hydrogens is 264 g/mol. The number of aromatic nitrogens is 2. The van der Waals surface area contributed by atoms with Crippen LogP contribution in [0.1, 0.15) is 38.4 Å². The van der Waals surface area contributed by atoms with Crippen LogP contribution in [-0.4, -0.2) is 39.3 Å². The highest BCUT2D eigenvalue weighted by atomic mass is 16.5. The van der Waals surface area contributed by atoms with Crippen LogP contribution in [0.5, 0.6) is 0 Å². The zero-order valence-corrected chi connectivity index (χ0v) is 11.9. The second-order valence-corrected chi connectivity index (χ2v) is 5.14. The second kappa shape index (κ2) is 6.88. The van der Waals surface area contributed by atoms with Gasteiger partial charge in [-0.15, -0.1) is 0 Å². The van der Waals surface area contributed by atoms with Gasteiger partial charge in [-0.25, -0.2) is 4.79 Å². The molecule has 2 amide bonds. The van der Waals surface area contributed by atoms with E-state index in [9.17, 15) is 9.59 Å². The van der Waals surface area contributed by atoms with Crippen molar-refractivity contribution < 1.29 is 19.2 Å². The van der Waals surface area contributed by atoms with Crippen molar-refractivity contribution in [1.29, 1.82) is 0 Å². The van der Waals surface area contributed by atoms with Crippen molar-refractivity contribution in [2.24, 2.45) is 0 Å². The minimum Gasteiger partial charge on any atom is -0.481 e. The Morgan fingerprint density at radius 2 is 2.10 bits per heavy atom. The molecule has 0 aliphatic rings. The third-order valence-corrected chi connectivity index (χ3v) is 2.61. The van der Waals surface area contributed by atoms with Gasteiger partial charge in [0.05, 0.1) is 0 Å². The van der Waals surface area contributed by atoms with E-state index in [0.29, 0.717) is 31.1 Å². The van der Waals surface area contributed by atoms with E-state index >= 15 is 0 Å². The van der Waals surface area contributed by atoms with E-state index < -0.39 is 11.5 Å². The first-order chi connectivity index (χ1) is 9.28. The van der Waals surface area contributed by atoms with E-state index in [1.807, 2.05) is 0 Å². The molecule has 0 spiro atoms. The molecule has 20 heavy (non-hydrogen) atoms. The average Bonchev–Trinajstić information content (AvgIpc) is 2.72. The first-order valence-electron chi connectivity index (χ1n) is 6.35. The minimum atomic E-state index is -0.882. The van der Waals surface area contributed by atoms with Gasteiger partial charge in [-0.3, -0.25) is 4.79 Å². The van der Waals surface area contributed by atoms with Crippen molar-refractivity contribution in [2.75, 3.05) is 6.54 Å². The Labute approximate surface area is 116 Å². The second-order valence-electron chi connectivity index (χ2n) is 5.14. The lowest BCUT2D eigenvalue weighted by Gasteiger charge is -2.25. The molecule has 3 N–H and O–H groups in total. The fraction of sp³-hybridized carbons (Fsp3) is 0.667. The molecule has 8 heteroatoms. The van der Waals surface area contributed by atoms with E-state index in [2.05, 4.69) is 20.8 Å². The molecule has 1 aromatic rings. The lowest BCUT2D eigenvalue weighted by Crippen LogP contribution is -2.48. The van der Waals surface area contributed by atoms with Crippen LogP contribution in [0.3, 0.4) is 0 Å². The molecule has 0 saturated carbocycles. The number of hydrogen-bond acceptors (Lipinski definition) is 5. The van der Waals surface area contributed by atoms with Crippen molar-refractivity contribution in [3.05, 3.63) is 11.7 Å². The summed E-state index contributed by atoms with van der Waals surface area (Å²) in [5.74, 6) is 0.138. The number of rotatable bonds is 7. The van der Waals surface area contributed by atoms with E-state index in [0.717, 1.165) is 0 Å². The molecule has 0 unspecified atom stereocenters. The third kappa shape index (κ3) is 6.17. The molecule has 1 rings (SSSR count). The van der Waals surface area contributed by atoms with Gasteiger partial charge < -0.3 is 20.3 Å². The number of carboxylic acid groups (broad SMARTS) is 1. The Morgan fingerprint density at radius 1 is 1.40 bits per heavy atom. The van der Waals surface area contributed by atoms with Crippen molar-refractivity contribution in [3.8, 4) is 0 Å². The minimum absolute atomic E-state index is 0.00847. The van der Waals surface area contributed by atoms with Crippen LogP contribution in [-0.2, 0) is 11.2 Å². The number of aliphatic carboxylic acids is 1. The van der Waals surface area contributed by atoms with E-state index in [1.165, 1.54) is 0 Å². The summed E-state index contributed by atoms with van der Waals surface area (Å²) in [6.07, 6.45) is 0.816. The maximum absolute atomic E-state index is 11.7. The Bertz CT molecular complexity index is 470. The largest absolute Gasteiger partial charge is 0.481 e. The van der Waals surface area contributed by atoms with E-state index in [4.69, 9.17) is 9.63 Å². The van der Waals surface area contributed by atoms with Crippen molar-refractivity contribution in [2.45, 2.75) is 45.6 Å². The van der Waals surface area contributed by atoms with E-state index in [1.54, 1.807) is 20.8 Å². The first-order valence-corrected chi connectivity index (χ1v) is 6.35. The Balaban J connectivity index is 2.27. The van der Waals surface area contributed by atoms with Gasteiger partial charge in [-0.2, -0.15) is 4.98 Å². The molecule has 1 heterocycles. The standard InChI is InChI=1S/C12H20N4O4/c1-8-14-9(20-16-8)5-7-13-11(19)15-12(2,3)6-4-10(17)18/h4-7H2,1-3H3,(H,17,18)(H2,13,15,19). The van der Waals surface area contributed by atoms with Gasteiger partial charge in [0, 0.05) is 24.9 Å². The fourth-order valence-corrected chi connectivity index (χ4v) is 1.56. The zero-order chi connectivity index (χ0) is 15.2. The summed E-state index contributed by atoms with van der Waals surface area (Å²) in [4.78, 5) is 26.2.